The van der Waals surface area contributed by atoms with Gasteiger partial charge in [-0.25, -0.2) is 4.98 Å². The van der Waals surface area contributed by atoms with Crippen LogP contribution in [0.4, 0.5) is 0 Å². The van der Waals surface area contributed by atoms with Crippen molar-refractivity contribution in [3.05, 3.63) is 27.5 Å². The molecule has 0 bridgehead atoms. The third kappa shape index (κ3) is 2.60. The van der Waals surface area contributed by atoms with Crippen LogP contribution in [0.1, 0.15) is 24.2 Å². The average molecular weight is 347 g/mol. The van der Waals surface area contributed by atoms with Crippen LogP contribution < -0.4 is 5.32 Å². The van der Waals surface area contributed by atoms with Gasteiger partial charge in [0.2, 0.25) is 5.91 Å². The van der Waals surface area contributed by atoms with E-state index in [0.29, 0.717) is 23.1 Å². The Morgan fingerprint density at radius 1 is 1.58 bits per heavy atom. The number of amides is 2. The Morgan fingerprint density at radius 2 is 2.26 bits per heavy atom. The quantitative estimate of drug-likeness (QED) is 0.789. The van der Waals surface area contributed by atoms with Gasteiger partial charge in [-0.1, -0.05) is 11.6 Å². The molecular formula is C12H13BrClN3O2. The fourth-order valence-corrected chi connectivity index (χ4v) is 2.49. The third-order valence-electron chi connectivity index (χ3n) is 3.13. The number of hydrogen-bond acceptors (Lipinski definition) is 3. The second-order valence-corrected chi connectivity index (χ2v) is 6.04. The Morgan fingerprint density at radius 3 is 2.95 bits per heavy atom. The van der Waals surface area contributed by atoms with Crippen LogP contribution in [-0.2, 0) is 4.79 Å². The van der Waals surface area contributed by atoms with Crippen LogP contribution in [0.15, 0.2) is 16.7 Å². The molecule has 0 spiro atoms. The largest absolute Gasteiger partial charge is 0.352 e. The summed E-state index contributed by atoms with van der Waals surface area (Å²) in [6.45, 7) is 4.30. The van der Waals surface area contributed by atoms with E-state index in [4.69, 9.17) is 11.6 Å². The molecule has 1 aliphatic heterocycles. The van der Waals surface area contributed by atoms with Gasteiger partial charge in [-0.15, -0.1) is 0 Å². The molecule has 0 atom stereocenters. The lowest BCUT2D eigenvalue weighted by atomic mass is 9.98. The highest BCUT2D eigenvalue weighted by atomic mass is 79.9. The fourth-order valence-electron chi connectivity index (χ4n) is 1.97. The van der Waals surface area contributed by atoms with Gasteiger partial charge in [-0.05, 0) is 35.8 Å². The molecule has 1 N–H and O–H groups in total. The summed E-state index contributed by atoms with van der Waals surface area (Å²) in [5.74, 6) is -0.468. The first kappa shape index (κ1) is 14.3. The molecule has 1 aliphatic rings. The topological polar surface area (TPSA) is 62.3 Å². The van der Waals surface area contributed by atoms with Gasteiger partial charge in [0.05, 0.1) is 5.56 Å². The van der Waals surface area contributed by atoms with Crippen molar-refractivity contribution >= 4 is 39.3 Å². The predicted octanol–water partition coefficient (Wildman–Crippen LogP) is 1.85. The molecule has 5 nitrogen and oxygen atoms in total. The van der Waals surface area contributed by atoms with Crippen molar-refractivity contribution in [2.75, 3.05) is 13.1 Å². The van der Waals surface area contributed by atoms with Crippen molar-refractivity contribution < 1.29 is 9.59 Å². The Hall–Kier alpha value is -1.14. The summed E-state index contributed by atoms with van der Waals surface area (Å²) in [5, 5.41) is 2.88. The van der Waals surface area contributed by atoms with Crippen molar-refractivity contribution in [2.45, 2.75) is 19.4 Å². The van der Waals surface area contributed by atoms with Crippen LogP contribution in [0.5, 0.6) is 0 Å². The molecule has 102 valence electrons. The van der Waals surface area contributed by atoms with Crippen LogP contribution in [0, 0.1) is 0 Å². The fraction of sp³-hybridized carbons (Fsp3) is 0.417. The monoisotopic (exact) mass is 345 g/mol. The maximum Gasteiger partial charge on any atom is 0.257 e. The molecule has 1 saturated heterocycles. The summed E-state index contributed by atoms with van der Waals surface area (Å²) in [5.41, 5.74) is -0.611. The molecule has 0 saturated carbocycles. The van der Waals surface area contributed by atoms with Crippen molar-refractivity contribution in [1.29, 1.82) is 0 Å². The first-order valence-electron chi connectivity index (χ1n) is 5.75. The summed E-state index contributed by atoms with van der Waals surface area (Å²) in [4.78, 5) is 29.8. The van der Waals surface area contributed by atoms with Crippen LogP contribution in [0.3, 0.4) is 0 Å². The van der Waals surface area contributed by atoms with Crippen molar-refractivity contribution in [3.63, 3.8) is 0 Å². The second kappa shape index (κ2) is 5.09. The molecule has 7 heteroatoms. The molecule has 2 heterocycles. The van der Waals surface area contributed by atoms with Crippen LogP contribution in [0.25, 0.3) is 0 Å². The van der Waals surface area contributed by atoms with E-state index >= 15 is 0 Å². The number of carbonyl (C=O) groups is 2. The number of aromatic nitrogens is 1. The van der Waals surface area contributed by atoms with Gasteiger partial charge in [0.1, 0.15) is 10.7 Å². The van der Waals surface area contributed by atoms with E-state index in [0.717, 1.165) is 0 Å². The van der Waals surface area contributed by atoms with Gasteiger partial charge in [-0.3, -0.25) is 9.59 Å². The highest BCUT2D eigenvalue weighted by Crippen LogP contribution is 2.25. The van der Waals surface area contributed by atoms with Crippen LogP contribution in [-0.4, -0.2) is 40.3 Å². The summed E-state index contributed by atoms with van der Waals surface area (Å²) >= 11 is 9.22. The number of piperazine rings is 1. The van der Waals surface area contributed by atoms with Gasteiger partial charge in [0.15, 0.2) is 0 Å². The molecule has 0 radical (unpaired) electrons. The molecule has 0 unspecified atom stereocenters. The molecule has 2 amide bonds. The molecule has 1 aromatic heterocycles. The Kier molecular flexibility index (Phi) is 3.82. The zero-order valence-corrected chi connectivity index (χ0v) is 12.9. The Balaban J connectivity index is 2.38. The number of hydrogen-bond donors (Lipinski definition) is 1. The van der Waals surface area contributed by atoms with Gasteiger partial charge in [-0.2, -0.15) is 0 Å². The highest BCUT2D eigenvalue weighted by molar-refractivity contribution is 9.10. The van der Waals surface area contributed by atoms with Crippen molar-refractivity contribution in [3.8, 4) is 0 Å². The lowest BCUT2D eigenvalue weighted by Gasteiger charge is -2.41. The molecule has 1 fully saturated rings. The van der Waals surface area contributed by atoms with E-state index in [1.165, 1.54) is 11.1 Å². The van der Waals surface area contributed by atoms with Gasteiger partial charge in [0, 0.05) is 23.8 Å². The van der Waals surface area contributed by atoms with Crippen LogP contribution in [0.2, 0.25) is 5.15 Å². The van der Waals surface area contributed by atoms with E-state index in [1.54, 1.807) is 19.9 Å². The first-order valence-corrected chi connectivity index (χ1v) is 6.92. The maximum absolute atomic E-state index is 12.5. The SMILES string of the molecule is CC1(C)C(=O)NCCN1C(=O)c1cc(Br)cnc1Cl. The predicted molar refractivity (Wildman–Crippen MR) is 75.1 cm³/mol. The van der Waals surface area contributed by atoms with E-state index in [9.17, 15) is 9.59 Å². The number of pyridine rings is 1. The normalized spacial score (nSPS) is 18.1. The molecule has 0 aromatic carbocycles. The molecule has 1 aromatic rings. The van der Waals surface area contributed by atoms with E-state index in [-0.39, 0.29) is 17.0 Å². The second-order valence-electron chi connectivity index (χ2n) is 4.76. The minimum atomic E-state index is -0.902. The lowest BCUT2D eigenvalue weighted by Crippen LogP contribution is -2.63. The number of nitrogens with zero attached hydrogens (tertiary/aromatic N) is 2. The summed E-state index contributed by atoms with van der Waals surface area (Å²) in [6.07, 6.45) is 1.52. The van der Waals surface area contributed by atoms with Gasteiger partial charge >= 0.3 is 0 Å². The molecule has 0 aliphatic carbocycles. The summed E-state index contributed by atoms with van der Waals surface area (Å²) in [7, 11) is 0. The third-order valence-corrected chi connectivity index (χ3v) is 3.87. The number of halogens is 2. The standard InChI is InChI=1S/C12H13BrClN3O2/c1-12(2)11(19)15-3-4-17(12)10(18)8-5-7(13)6-16-9(8)14/h5-6H,3-4H2,1-2H3,(H,15,19). The minimum Gasteiger partial charge on any atom is -0.352 e. The molecule has 2 rings (SSSR count). The smallest absolute Gasteiger partial charge is 0.257 e. The van der Waals surface area contributed by atoms with Crippen molar-refractivity contribution in [2.24, 2.45) is 0 Å². The Bertz CT molecular complexity index is 548. The minimum absolute atomic E-state index is 0.134. The van der Waals surface area contributed by atoms with Crippen LogP contribution >= 0.6 is 27.5 Å². The van der Waals surface area contributed by atoms with Gasteiger partial charge < -0.3 is 10.2 Å². The van der Waals surface area contributed by atoms with E-state index < -0.39 is 5.54 Å². The summed E-state index contributed by atoms with van der Waals surface area (Å²) < 4.78 is 0.666. The highest BCUT2D eigenvalue weighted by Gasteiger charge is 2.41. The first-order chi connectivity index (χ1) is 8.84. The zero-order chi connectivity index (χ0) is 14.2. The number of nitrogens with one attached hydrogen (secondary N) is 1. The maximum atomic E-state index is 12.5. The lowest BCUT2D eigenvalue weighted by molar-refractivity contribution is -0.133. The molecule has 19 heavy (non-hydrogen) atoms. The summed E-state index contributed by atoms with van der Waals surface area (Å²) in [6, 6.07) is 1.61. The Labute approximate surface area is 124 Å². The van der Waals surface area contributed by atoms with E-state index in [2.05, 4.69) is 26.2 Å². The zero-order valence-electron chi connectivity index (χ0n) is 10.5. The van der Waals surface area contributed by atoms with E-state index in [1.807, 2.05) is 0 Å². The number of rotatable bonds is 1. The molecular weight excluding hydrogens is 334 g/mol. The van der Waals surface area contributed by atoms with Gasteiger partial charge in [0.25, 0.3) is 5.91 Å². The number of carbonyl (C=O) groups excluding carboxylic acids is 2. The average Bonchev–Trinajstić information content (AvgIpc) is 2.35. The van der Waals surface area contributed by atoms with Crippen molar-refractivity contribution in [1.82, 2.24) is 15.2 Å².